The Morgan fingerprint density at radius 2 is 2.00 bits per heavy atom. The molecule has 1 aliphatic rings. The number of hydrogen-bond donors (Lipinski definition) is 0. The smallest absolute Gasteiger partial charge is 0.338 e. The first-order valence-electron chi connectivity index (χ1n) is 7.02. The van der Waals surface area contributed by atoms with Gasteiger partial charge in [0.05, 0.1) is 17.1 Å². The molecule has 0 bridgehead atoms. The summed E-state index contributed by atoms with van der Waals surface area (Å²) in [7, 11) is 1.49. The Hall–Kier alpha value is -1.07. The van der Waals surface area contributed by atoms with Gasteiger partial charge in [-0.15, -0.1) is 0 Å². The van der Waals surface area contributed by atoms with Crippen molar-refractivity contribution in [2.75, 3.05) is 6.61 Å². The van der Waals surface area contributed by atoms with E-state index in [0.717, 1.165) is 6.42 Å². The second kappa shape index (κ2) is 6.36. The zero-order valence-corrected chi connectivity index (χ0v) is 13.8. The predicted molar refractivity (Wildman–Crippen MR) is 81.2 cm³/mol. The summed E-state index contributed by atoms with van der Waals surface area (Å²) < 4.78 is 28.1. The van der Waals surface area contributed by atoms with Gasteiger partial charge in [-0.2, -0.15) is 0 Å². The Bertz CT molecular complexity index is 648. The Labute approximate surface area is 129 Å². The van der Waals surface area contributed by atoms with E-state index in [2.05, 4.69) is 0 Å². The van der Waals surface area contributed by atoms with Crippen molar-refractivity contribution in [2.45, 2.75) is 44.4 Å². The molecule has 0 unspecified atom stereocenters. The van der Waals surface area contributed by atoms with Crippen LogP contribution in [0.25, 0.3) is 0 Å². The van der Waals surface area contributed by atoms with Crippen molar-refractivity contribution in [1.29, 1.82) is 0 Å². The fourth-order valence-electron chi connectivity index (χ4n) is 2.36. The van der Waals surface area contributed by atoms with Crippen molar-refractivity contribution in [2.24, 2.45) is 5.92 Å². The van der Waals surface area contributed by atoms with Crippen LogP contribution >= 0.6 is 10.7 Å². The molecular weight excluding hydrogens is 312 g/mol. The average Bonchev–Trinajstić information content (AvgIpc) is 2.33. The van der Waals surface area contributed by atoms with Crippen LogP contribution in [0.4, 0.5) is 0 Å². The zero-order valence-electron chi connectivity index (χ0n) is 12.2. The molecule has 1 aromatic rings. The van der Waals surface area contributed by atoms with Crippen LogP contribution in [-0.4, -0.2) is 21.0 Å². The minimum Gasteiger partial charge on any atom is -0.462 e. The molecule has 1 aliphatic carbocycles. The van der Waals surface area contributed by atoms with E-state index < -0.39 is 15.0 Å². The van der Waals surface area contributed by atoms with Crippen molar-refractivity contribution in [3.8, 4) is 0 Å². The van der Waals surface area contributed by atoms with Crippen molar-refractivity contribution in [1.82, 2.24) is 0 Å². The van der Waals surface area contributed by atoms with E-state index in [1.54, 1.807) is 13.8 Å². The highest BCUT2D eigenvalue weighted by Crippen LogP contribution is 2.29. The van der Waals surface area contributed by atoms with E-state index in [0.29, 0.717) is 23.7 Å². The molecule has 6 heteroatoms. The number of halogens is 1. The predicted octanol–water partition coefficient (Wildman–Crippen LogP) is 3.58. The summed E-state index contributed by atoms with van der Waals surface area (Å²) >= 11 is 0. The number of ether oxygens (including phenoxy) is 1. The third kappa shape index (κ3) is 3.98. The number of aryl methyl sites for hydroxylation is 1. The maximum Gasteiger partial charge on any atom is 0.338 e. The van der Waals surface area contributed by atoms with Gasteiger partial charge in [0.2, 0.25) is 0 Å². The molecule has 0 amide bonds. The first-order chi connectivity index (χ1) is 9.79. The van der Waals surface area contributed by atoms with E-state index in [1.807, 2.05) is 0 Å². The van der Waals surface area contributed by atoms with Crippen LogP contribution < -0.4 is 0 Å². The average molecular weight is 331 g/mol. The Balaban J connectivity index is 2.13. The quantitative estimate of drug-likeness (QED) is 0.611. The van der Waals surface area contributed by atoms with Crippen molar-refractivity contribution in [3.05, 3.63) is 28.8 Å². The number of benzene rings is 1. The monoisotopic (exact) mass is 330 g/mol. The van der Waals surface area contributed by atoms with Crippen molar-refractivity contribution in [3.63, 3.8) is 0 Å². The lowest BCUT2D eigenvalue weighted by Gasteiger charge is -2.24. The van der Waals surface area contributed by atoms with Crippen LogP contribution in [0.5, 0.6) is 0 Å². The molecule has 2 rings (SSSR count). The number of carbonyl (C=O) groups is 1. The Morgan fingerprint density at radius 1 is 1.33 bits per heavy atom. The largest absolute Gasteiger partial charge is 0.462 e. The van der Waals surface area contributed by atoms with E-state index >= 15 is 0 Å². The Kier molecular flexibility index (Phi) is 4.94. The third-order valence-electron chi connectivity index (χ3n) is 4.13. The van der Waals surface area contributed by atoms with Gasteiger partial charge in [-0.3, -0.25) is 0 Å². The summed E-state index contributed by atoms with van der Waals surface area (Å²) in [5.41, 5.74) is 1.68. The van der Waals surface area contributed by atoms with Crippen LogP contribution in [0.1, 0.15) is 47.2 Å². The highest BCUT2D eigenvalue weighted by Gasteiger charge is 2.20. The maximum atomic E-state index is 12.1. The number of hydrogen-bond acceptors (Lipinski definition) is 4. The molecule has 0 radical (unpaired) electrons. The SMILES string of the molecule is Cc1cc(S(=O)(=O)Cl)cc(C(=O)OCCC2CCC2)c1C. The maximum absolute atomic E-state index is 12.1. The highest BCUT2D eigenvalue weighted by molar-refractivity contribution is 8.13. The Morgan fingerprint density at radius 3 is 2.52 bits per heavy atom. The van der Waals surface area contributed by atoms with Gasteiger partial charge in [-0.05, 0) is 49.4 Å². The normalized spacial score (nSPS) is 15.6. The molecule has 1 fully saturated rings. The van der Waals surface area contributed by atoms with Gasteiger partial charge >= 0.3 is 5.97 Å². The van der Waals surface area contributed by atoms with Crippen LogP contribution in [0, 0.1) is 19.8 Å². The summed E-state index contributed by atoms with van der Waals surface area (Å²) in [6.07, 6.45) is 4.54. The van der Waals surface area contributed by atoms with Gasteiger partial charge in [0, 0.05) is 10.7 Å². The fourth-order valence-corrected chi connectivity index (χ4v) is 3.20. The number of carbonyl (C=O) groups excluding carboxylic acids is 1. The van der Waals surface area contributed by atoms with Crippen LogP contribution in [0.3, 0.4) is 0 Å². The van der Waals surface area contributed by atoms with E-state index in [1.165, 1.54) is 31.4 Å². The summed E-state index contributed by atoms with van der Waals surface area (Å²) in [6, 6.07) is 2.75. The topological polar surface area (TPSA) is 60.4 Å². The zero-order chi connectivity index (χ0) is 15.6. The molecule has 0 N–H and O–H groups in total. The molecule has 0 aromatic heterocycles. The van der Waals surface area contributed by atoms with Gasteiger partial charge in [0.1, 0.15) is 0 Å². The van der Waals surface area contributed by atoms with E-state index in [4.69, 9.17) is 15.4 Å². The van der Waals surface area contributed by atoms with E-state index in [-0.39, 0.29) is 10.5 Å². The molecule has 0 saturated heterocycles. The minimum atomic E-state index is -3.86. The molecule has 4 nitrogen and oxygen atoms in total. The van der Waals surface area contributed by atoms with Gasteiger partial charge in [-0.1, -0.05) is 19.3 Å². The van der Waals surface area contributed by atoms with Gasteiger partial charge < -0.3 is 4.74 Å². The number of esters is 1. The van der Waals surface area contributed by atoms with Crippen LogP contribution in [0.15, 0.2) is 17.0 Å². The number of rotatable bonds is 5. The molecule has 1 aromatic carbocycles. The lowest BCUT2D eigenvalue weighted by Crippen LogP contribution is -2.16. The summed E-state index contributed by atoms with van der Waals surface area (Å²) in [6.45, 7) is 3.88. The second-order valence-electron chi connectivity index (χ2n) is 5.57. The van der Waals surface area contributed by atoms with E-state index in [9.17, 15) is 13.2 Å². The highest BCUT2D eigenvalue weighted by atomic mass is 35.7. The molecular formula is C15H19ClO4S. The molecule has 116 valence electrons. The van der Waals surface area contributed by atoms with Crippen molar-refractivity contribution < 1.29 is 17.9 Å². The van der Waals surface area contributed by atoms with Gasteiger partial charge in [0.25, 0.3) is 9.05 Å². The molecule has 0 aliphatic heterocycles. The third-order valence-corrected chi connectivity index (χ3v) is 5.46. The molecule has 0 atom stereocenters. The molecule has 21 heavy (non-hydrogen) atoms. The summed E-state index contributed by atoms with van der Waals surface area (Å²) in [4.78, 5) is 12.1. The standard InChI is InChI=1S/C15H19ClO4S/c1-10-8-13(21(16,18)19)9-14(11(10)2)15(17)20-7-6-12-4-3-5-12/h8-9,12H,3-7H2,1-2H3. The lowest BCUT2D eigenvalue weighted by atomic mass is 9.83. The van der Waals surface area contributed by atoms with Gasteiger partial charge in [-0.25, -0.2) is 13.2 Å². The van der Waals surface area contributed by atoms with Crippen molar-refractivity contribution >= 4 is 25.7 Å². The minimum absolute atomic E-state index is 0.0711. The molecule has 0 spiro atoms. The van der Waals surface area contributed by atoms with Crippen LogP contribution in [-0.2, 0) is 13.8 Å². The fraction of sp³-hybridized carbons (Fsp3) is 0.533. The van der Waals surface area contributed by atoms with Gasteiger partial charge in [0.15, 0.2) is 0 Å². The van der Waals surface area contributed by atoms with Crippen LogP contribution in [0.2, 0.25) is 0 Å². The molecule has 0 heterocycles. The lowest BCUT2D eigenvalue weighted by molar-refractivity contribution is 0.0463. The summed E-state index contributed by atoms with van der Waals surface area (Å²) in [5.74, 6) is 0.173. The summed E-state index contributed by atoms with van der Waals surface area (Å²) in [5, 5.41) is 0. The molecule has 1 saturated carbocycles. The second-order valence-corrected chi connectivity index (χ2v) is 8.14. The first-order valence-corrected chi connectivity index (χ1v) is 9.33. The first kappa shape index (κ1) is 16.3.